The number of hydrogen-bond acceptors (Lipinski definition) is 7. The highest BCUT2D eigenvalue weighted by Gasteiger charge is 2.34. The molecule has 14 heteroatoms. The van der Waals surface area contributed by atoms with Gasteiger partial charge in [-0.1, -0.05) is 56.1 Å². The molecule has 0 amide bonds. The van der Waals surface area contributed by atoms with Gasteiger partial charge in [-0.25, -0.2) is 13.6 Å². The molecule has 0 spiro atoms. The lowest BCUT2D eigenvalue weighted by Crippen LogP contribution is -2.40. The Morgan fingerprint density at radius 1 is 1.11 bits per heavy atom. The summed E-state index contributed by atoms with van der Waals surface area (Å²) < 4.78 is 54.5. The fraction of sp³-hybridized carbons (Fsp3) is 0.333. The van der Waals surface area contributed by atoms with Crippen molar-refractivity contribution < 1.29 is 31.2 Å². The third kappa shape index (κ3) is 10.1. The minimum absolute atomic E-state index is 0.00511. The van der Waals surface area contributed by atoms with Gasteiger partial charge in [0.2, 0.25) is 10.0 Å². The maximum absolute atomic E-state index is 11.6. The molecule has 2 N–H and O–H groups in total. The van der Waals surface area contributed by atoms with Crippen molar-refractivity contribution in [3.05, 3.63) is 68.6 Å². The Morgan fingerprint density at radius 3 is 2.17 bits per heavy atom. The molecule has 192 valence electrons. The van der Waals surface area contributed by atoms with E-state index in [4.69, 9.17) is 9.88 Å². The van der Waals surface area contributed by atoms with E-state index in [9.17, 15) is 26.4 Å². The van der Waals surface area contributed by atoms with E-state index < -0.39 is 32.7 Å². The first-order chi connectivity index (χ1) is 16.3. The molecular weight excluding hydrogens is 630 g/mol. The van der Waals surface area contributed by atoms with Gasteiger partial charge in [-0.05, 0) is 42.3 Å². The summed E-state index contributed by atoms with van der Waals surface area (Å²) in [6.45, 7) is 1.69. The predicted molar refractivity (Wildman–Crippen MR) is 138 cm³/mol. The molecule has 0 aromatic heterocycles. The molecule has 2 aromatic carbocycles. The number of sulfonamides is 1. The first kappa shape index (κ1) is 29.5. The third-order valence-corrected chi connectivity index (χ3v) is 8.25. The highest BCUT2D eigenvalue weighted by atomic mass is 79.9. The molecule has 1 fully saturated rings. The first-order valence-electron chi connectivity index (χ1n) is 10.2. The lowest BCUT2D eigenvalue weighted by molar-refractivity contribution is -0.143. The Labute approximate surface area is 221 Å². The van der Waals surface area contributed by atoms with Gasteiger partial charge < -0.3 is 4.74 Å². The van der Waals surface area contributed by atoms with Gasteiger partial charge in [-0.15, -0.1) is 0 Å². The summed E-state index contributed by atoms with van der Waals surface area (Å²) in [6.07, 6.45) is 0. The Balaban J connectivity index is 0.000000250. The van der Waals surface area contributed by atoms with Crippen LogP contribution < -0.4 is 5.14 Å². The minimum Gasteiger partial charge on any atom is -0.465 e. The SMILES string of the molecule is CCOC(=O)CN(Cc1cccc(Br)c1)S(N)(=O)=O.O=C1CN(Cc2cccc(Br)c2)S(=O)(=O)C1. The number of ether oxygens (including phenoxy) is 1. The van der Waals surface area contributed by atoms with Crippen LogP contribution in [0.25, 0.3) is 0 Å². The van der Waals surface area contributed by atoms with Gasteiger partial charge in [-0.3, -0.25) is 9.59 Å². The lowest BCUT2D eigenvalue weighted by atomic mass is 10.2. The third-order valence-electron chi connectivity index (χ3n) is 4.56. The summed E-state index contributed by atoms with van der Waals surface area (Å²) in [6, 6.07) is 14.5. The maximum atomic E-state index is 11.6. The van der Waals surface area contributed by atoms with Crippen molar-refractivity contribution in [3.8, 4) is 0 Å². The zero-order valence-corrected chi connectivity index (χ0v) is 23.6. The van der Waals surface area contributed by atoms with Crippen molar-refractivity contribution in [3.63, 3.8) is 0 Å². The Hall–Kier alpha value is -1.68. The quantitative estimate of drug-likeness (QED) is 0.430. The normalized spacial score (nSPS) is 15.5. The molecule has 35 heavy (non-hydrogen) atoms. The molecule has 1 heterocycles. The number of rotatable bonds is 8. The number of Topliss-reactive ketones (excluding diaryl/α,β-unsaturated/α-hetero) is 1. The second kappa shape index (κ2) is 13.0. The molecule has 0 atom stereocenters. The Bertz CT molecular complexity index is 1270. The van der Waals surface area contributed by atoms with Crippen molar-refractivity contribution >= 4 is 63.8 Å². The largest absolute Gasteiger partial charge is 0.465 e. The highest BCUT2D eigenvalue weighted by molar-refractivity contribution is 9.10. The summed E-state index contributed by atoms with van der Waals surface area (Å²) in [4.78, 5) is 22.5. The predicted octanol–water partition coefficient (Wildman–Crippen LogP) is 2.18. The van der Waals surface area contributed by atoms with Gasteiger partial charge in [0.15, 0.2) is 5.78 Å². The number of carbonyl (C=O) groups is 2. The molecule has 0 aliphatic carbocycles. The van der Waals surface area contributed by atoms with E-state index in [-0.39, 0.29) is 37.8 Å². The van der Waals surface area contributed by atoms with Gasteiger partial charge in [0, 0.05) is 22.0 Å². The van der Waals surface area contributed by atoms with E-state index in [0.29, 0.717) is 5.56 Å². The number of carbonyl (C=O) groups excluding carboxylic acids is 2. The summed E-state index contributed by atoms with van der Waals surface area (Å²) in [7, 11) is -7.35. The average molecular weight is 655 g/mol. The number of hydrogen-bond donors (Lipinski definition) is 1. The Kier molecular flexibility index (Phi) is 11.0. The van der Waals surface area contributed by atoms with Gasteiger partial charge in [0.1, 0.15) is 12.3 Å². The van der Waals surface area contributed by atoms with Crippen molar-refractivity contribution in [2.75, 3.05) is 25.4 Å². The van der Waals surface area contributed by atoms with Crippen molar-refractivity contribution in [2.24, 2.45) is 5.14 Å². The van der Waals surface area contributed by atoms with E-state index in [1.165, 1.54) is 4.31 Å². The number of esters is 1. The summed E-state index contributed by atoms with van der Waals surface area (Å²) in [5.41, 5.74) is 1.58. The topological polar surface area (TPSA) is 144 Å². The van der Waals surface area contributed by atoms with Gasteiger partial charge in [0.05, 0.1) is 13.2 Å². The smallest absolute Gasteiger partial charge is 0.321 e. The molecule has 0 saturated carbocycles. The molecule has 0 radical (unpaired) electrons. The molecule has 0 unspecified atom stereocenters. The summed E-state index contributed by atoms with van der Waals surface area (Å²) >= 11 is 6.60. The molecule has 2 aromatic rings. The van der Waals surface area contributed by atoms with Crippen LogP contribution in [0.4, 0.5) is 0 Å². The second-order valence-electron chi connectivity index (χ2n) is 7.44. The molecule has 3 rings (SSSR count). The number of nitrogens with two attached hydrogens (primary N) is 1. The van der Waals surface area contributed by atoms with Crippen LogP contribution in [0.3, 0.4) is 0 Å². The molecule has 1 aliphatic heterocycles. The maximum Gasteiger partial charge on any atom is 0.321 e. The van der Waals surface area contributed by atoms with Crippen LogP contribution in [0.5, 0.6) is 0 Å². The zero-order valence-electron chi connectivity index (χ0n) is 18.8. The first-order valence-corrected chi connectivity index (χ1v) is 14.9. The highest BCUT2D eigenvalue weighted by Crippen LogP contribution is 2.18. The van der Waals surface area contributed by atoms with Gasteiger partial charge in [0.25, 0.3) is 10.2 Å². The molecule has 10 nitrogen and oxygen atoms in total. The van der Waals surface area contributed by atoms with Crippen molar-refractivity contribution in [1.82, 2.24) is 8.61 Å². The van der Waals surface area contributed by atoms with Crippen LogP contribution in [0.1, 0.15) is 18.1 Å². The fourth-order valence-corrected chi connectivity index (χ4v) is 5.93. The van der Waals surface area contributed by atoms with Crippen molar-refractivity contribution in [2.45, 2.75) is 20.0 Å². The molecular formula is C21H25Br2N3O7S2. The average Bonchev–Trinajstić information content (AvgIpc) is 2.98. The second-order valence-corrected chi connectivity index (χ2v) is 12.8. The number of ketones is 1. The van der Waals surface area contributed by atoms with Gasteiger partial charge in [-0.2, -0.15) is 17.0 Å². The van der Waals surface area contributed by atoms with E-state index in [0.717, 1.165) is 18.8 Å². The van der Waals surface area contributed by atoms with Gasteiger partial charge >= 0.3 is 5.97 Å². The molecule has 0 bridgehead atoms. The van der Waals surface area contributed by atoms with Crippen LogP contribution in [0.15, 0.2) is 57.5 Å². The van der Waals surface area contributed by atoms with Crippen LogP contribution in [-0.4, -0.2) is 62.6 Å². The van der Waals surface area contributed by atoms with E-state index in [1.54, 1.807) is 25.1 Å². The Morgan fingerprint density at radius 2 is 1.69 bits per heavy atom. The number of halogens is 2. The zero-order chi connectivity index (χ0) is 26.2. The van der Waals surface area contributed by atoms with Crippen LogP contribution in [-0.2, 0) is 47.6 Å². The standard InChI is InChI=1S/C11H15BrN2O4S.C10H10BrNO3S/c1-2-18-11(15)8-14(19(13,16)17)7-9-4-3-5-10(12)6-9;11-9-3-1-2-8(4-9)5-12-6-10(13)7-16(12,14)15/h3-6H,2,7-8H2,1H3,(H2,13,16,17);1-4H,5-7H2. The van der Waals surface area contributed by atoms with E-state index in [1.807, 2.05) is 30.3 Å². The van der Waals surface area contributed by atoms with Crippen LogP contribution in [0.2, 0.25) is 0 Å². The van der Waals surface area contributed by atoms with E-state index in [2.05, 4.69) is 31.9 Å². The van der Waals surface area contributed by atoms with Crippen LogP contribution in [0, 0.1) is 0 Å². The summed E-state index contributed by atoms with van der Waals surface area (Å²) in [5, 5.41) is 5.09. The van der Waals surface area contributed by atoms with E-state index >= 15 is 0 Å². The number of benzene rings is 2. The monoisotopic (exact) mass is 653 g/mol. The molecule has 1 aliphatic rings. The number of nitrogens with zero attached hydrogens (tertiary/aromatic N) is 2. The van der Waals surface area contributed by atoms with Crippen molar-refractivity contribution in [1.29, 1.82) is 0 Å². The fourth-order valence-electron chi connectivity index (χ4n) is 3.05. The minimum atomic E-state index is -3.97. The summed E-state index contributed by atoms with van der Waals surface area (Å²) in [5.74, 6) is -1.23. The molecule has 1 saturated heterocycles. The van der Waals surface area contributed by atoms with Crippen LogP contribution >= 0.6 is 31.9 Å². The lowest BCUT2D eigenvalue weighted by Gasteiger charge is -2.18.